The molecule has 0 atom stereocenters. The first kappa shape index (κ1) is 25.6. The van der Waals surface area contributed by atoms with Gasteiger partial charge in [-0.1, -0.05) is 60.7 Å². The van der Waals surface area contributed by atoms with E-state index in [9.17, 15) is 22.8 Å². The van der Waals surface area contributed by atoms with Gasteiger partial charge < -0.3 is 16.0 Å². The minimum Gasteiger partial charge on any atom is -0.338 e. The Morgan fingerprint density at radius 1 is 0.784 bits per heavy atom. The largest absolute Gasteiger partial charge is 0.416 e. The van der Waals surface area contributed by atoms with Crippen molar-refractivity contribution in [3.8, 4) is 0 Å². The van der Waals surface area contributed by atoms with Crippen molar-refractivity contribution in [2.75, 3.05) is 28.6 Å². The maximum atomic E-state index is 13.3. The Kier molecular flexibility index (Phi) is 7.92. The first-order valence-corrected chi connectivity index (χ1v) is 11.6. The lowest BCUT2D eigenvalue weighted by Gasteiger charge is -2.24. The van der Waals surface area contributed by atoms with Crippen molar-refractivity contribution in [1.82, 2.24) is 5.32 Å². The van der Waals surface area contributed by atoms with Crippen LogP contribution in [0.5, 0.6) is 0 Å². The molecule has 4 rings (SSSR count). The summed E-state index contributed by atoms with van der Waals surface area (Å²) in [5.41, 5.74) is 0.416. The Morgan fingerprint density at radius 2 is 1.49 bits per heavy atom. The van der Waals surface area contributed by atoms with E-state index in [-0.39, 0.29) is 18.8 Å². The number of halogens is 3. The quantitative estimate of drug-likeness (QED) is 0.234. The lowest BCUT2D eigenvalue weighted by atomic mass is 10.1. The Hall–Kier alpha value is -4.53. The molecular weight excluding hydrogens is 481 g/mol. The second-order valence-electron chi connectivity index (χ2n) is 8.26. The Balaban J connectivity index is 1.41. The van der Waals surface area contributed by atoms with Gasteiger partial charge in [0.25, 0.3) is 0 Å². The Morgan fingerprint density at radius 3 is 2.27 bits per heavy atom. The molecule has 9 heteroatoms. The van der Waals surface area contributed by atoms with Gasteiger partial charge in [-0.2, -0.15) is 13.2 Å². The number of benzene rings is 4. The zero-order valence-electron chi connectivity index (χ0n) is 19.8. The lowest BCUT2D eigenvalue weighted by Crippen LogP contribution is -2.38. The van der Waals surface area contributed by atoms with E-state index < -0.39 is 23.8 Å². The number of carbonyl (C=O) groups is 2. The molecule has 37 heavy (non-hydrogen) atoms. The van der Waals surface area contributed by atoms with Crippen LogP contribution in [0.25, 0.3) is 10.8 Å². The fourth-order valence-corrected chi connectivity index (χ4v) is 3.85. The van der Waals surface area contributed by atoms with Gasteiger partial charge >= 0.3 is 18.2 Å². The van der Waals surface area contributed by atoms with E-state index in [1.807, 2.05) is 36.4 Å². The van der Waals surface area contributed by atoms with Crippen LogP contribution in [0.4, 0.5) is 39.8 Å². The molecule has 0 radical (unpaired) electrons. The van der Waals surface area contributed by atoms with Crippen LogP contribution in [0, 0.1) is 0 Å². The highest BCUT2D eigenvalue weighted by Crippen LogP contribution is 2.32. The van der Waals surface area contributed by atoms with Gasteiger partial charge in [0.2, 0.25) is 0 Å². The third kappa shape index (κ3) is 6.78. The third-order valence-corrected chi connectivity index (χ3v) is 5.64. The fraction of sp³-hybridized carbons (Fsp3) is 0.143. The summed E-state index contributed by atoms with van der Waals surface area (Å²) in [6.07, 6.45) is -4.24. The summed E-state index contributed by atoms with van der Waals surface area (Å²) < 4.78 is 39.8. The SMILES string of the molecule is O=C(NCCCN(C(=O)Nc1ccccc1)c1cccc(C(F)(F)F)c1)Nc1cccc2ccccc12. The van der Waals surface area contributed by atoms with Crippen LogP contribution in [0.1, 0.15) is 12.0 Å². The molecule has 3 N–H and O–H groups in total. The van der Waals surface area contributed by atoms with Crippen molar-refractivity contribution in [3.05, 3.63) is 103 Å². The molecule has 0 saturated heterocycles. The van der Waals surface area contributed by atoms with E-state index in [2.05, 4.69) is 16.0 Å². The molecule has 0 unspecified atom stereocenters. The molecule has 0 spiro atoms. The summed E-state index contributed by atoms with van der Waals surface area (Å²) in [7, 11) is 0. The molecule has 0 bridgehead atoms. The summed E-state index contributed by atoms with van der Waals surface area (Å²) in [5.74, 6) is 0. The standard InChI is InChI=1S/C28H25F3N4O2/c29-28(30,31)21-11-7-14-23(19-21)35(27(37)33-22-12-2-1-3-13-22)18-8-17-32-26(36)34-25-16-6-10-20-9-4-5-15-24(20)25/h1-7,9-16,19H,8,17-18H2,(H,33,37)(H2,32,34,36). The summed E-state index contributed by atoms with van der Waals surface area (Å²) >= 11 is 0. The molecule has 4 aromatic rings. The van der Waals surface area contributed by atoms with Gasteiger partial charge in [0.1, 0.15) is 0 Å². The van der Waals surface area contributed by atoms with Crippen LogP contribution < -0.4 is 20.9 Å². The molecule has 0 heterocycles. The van der Waals surface area contributed by atoms with Crippen molar-refractivity contribution < 1.29 is 22.8 Å². The molecule has 190 valence electrons. The van der Waals surface area contributed by atoms with Crippen LogP contribution in [-0.4, -0.2) is 25.2 Å². The number of hydrogen-bond donors (Lipinski definition) is 3. The van der Waals surface area contributed by atoms with E-state index in [0.717, 1.165) is 22.9 Å². The summed E-state index contributed by atoms with van der Waals surface area (Å²) in [4.78, 5) is 26.7. The lowest BCUT2D eigenvalue weighted by molar-refractivity contribution is -0.137. The molecule has 0 saturated carbocycles. The molecule has 0 aliphatic carbocycles. The predicted octanol–water partition coefficient (Wildman–Crippen LogP) is 7.11. The number of anilines is 3. The molecule has 0 fully saturated rings. The number of urea groups is 2. The van der Waals surface area contributed by atoms with E-state index in [0.29, 0.717) is 17.8 Å². The number of hydrogen-bond acceptors (Lipinski definition) is 2. The van der Waals surface area contributed by atoms with Gasteiger partial charge in [0, 0.05) is 29.9 Å². The highest BCUT2D eigenvalue weighted by Gasteiger charge is 2.31. The number of fused-ring (bicyclic) bond motifs is 1. The van der Waals surface area contributed by atoms with E-state index in [4.69, 9.17) is 0 Å². The second-order valence-corrected chi connectivity index (χ2v) is 8.26. The normalized spacial score (nSPS) is 11.1. The summed E-state index contributed by atoms with van der Waals surface area (Å²) in [6, 6.07) is 25.5. The number of para-hydroxylation sites is 1. The smallest absolute Gasteiger partial charge is 0.338 e. The molecular formula is C28H25F3N4O2. The van der Waals surface area contributed by atoms with Gasteiger partial charge in [-0.05, 0) is 48.2 Å². The predicted molar refractivity (Wildman–Crippen MR) is 140 cm³/mol. The molecule has 4 aromatic carbocycles. The van der Waals surface area contributed by atoms with Crippen LogP contribution in [0.15, 0.2) is 97.1 Å². The van der Waals surface area contributed by atoms with Crippen molar-refractivity contribution in [1.29, 1.82) is 0 Å². The van der Waals surface area contributed by atoms with Gasteiger partial charge in [-0.25, -0.2) is 9.59 Å². The number of nitrogens with zero attached hydrogens (tertiary/aromatic N) is 1. The molecule has 0 aromatic heterocycles. The van der Waals surface area contributed by atoms with E-state index >= 15 is 0 Å². The van der Waals surface area contributed by atoms with Crippen molar-refractivity contribution in [3.63, 3.8) is 0 Å². The van der Waals surface area contributed by atoms with Crippen LogP contribution in [0.3, 0.4) is 0 Å². The van der Waals surface area contributed by atoms with Gasteiger partial charge in [0.15, 0.2) is 0 Å². The highest BCUT2D eigenvalue weighted by molar-refractivity contribution is 6.02. The third-order valence-electron chi connectivity index (χ3n) is 5.64. The summed E-state index contributed by atoms with van der Waals surface area (Å²) in [6.45, 7) is 0.277. The monoisotopic (exact) mass is 506 g/mol. The van der Waals surface area contributed by atoms with Crippen molar-refractivity contribution in [2.24, 2.45) is 0 Å². The number of rotatable bonds is 7. The number of carbonyl (C=O) groups excluding carboxylic acids is 2. The molecule has 6 nitrogen and oxygen atoms in total. The number of alkyl halides is 3. The molecule has 0 aliphatic rings. The first-order valence-electron chi connectivity index (χ1n) is 11.6. The summed E-state index contributed by atoms with van der Waals surface area (Å²) in [5, 5.41) is 10.1. The maximum Gasteiger partial charge on any atom is 0.416 e. The van der Waals surface area contributed by atoms with Gasteiger partial charge in [-0.3, -0.25) is 4.90 Å². The second kappa shape index (κ2) is 11.5. The van der Waals surface area contributed by atoms with Gasteiger partial charge in [0.05, 0.1) is 11.3 Å². The minimum absolute atomic E-state index is 0.0779. The van der Waals surface area contributed by atoms with Crippen LogP contribution in [-0.2, 0) is 6.18 Å². The topological polar surface area (TPSA) is 73.5 Å². The fourth-order valence-electron chi connectivity index (χ4n) is 3.85. The zero-order chi connectivity index (χ0) is 26.3. The van der Waals surface area contributed by atoms with Crippen LogP contribution >= 0.6 is 0 Å². The average Bonchev–Trinajstić information content (AvgIpc) is 2.89. The minimum atomic E-state index is -4.54. The zero-order valence-corrected chi connectivity index (χ0v) is 19.8. The van der Waals surface area contributed by atoms with E-state index in [1.165, 1.54) is 17.0 Å². The van der Waals surface area contributed by atoms with Crippen molar-refractivity contribution in [2.45, 2.75) is 12.6 Å². The Labute approximate surface area is 212 Å². The Bertz CT molecular complexity index is 1370. The maximum absolute atomic E-state index is 13.3. The highest BCUT2D eigenvalue weighted by atomic mass is 19.4. The van der Waals surface area contributed by atoms with E-state index in [1.54, 1.807) is 36.4 Å². The molecule has 0 aliphatic heterocycles. The van der Waals surface area contributed by atoms with Crippen molar-refractivity contribution >= 4 is 39.9 Å². The molecule has 4 amide bonds. The number of amides is 4. The van der Waals surface area contributed by atoms with Crippen LogP contribution in [0.2, 0.25) is 0 Å². The first-order chi connectivity index (χ1) is 17.8. The average molecular weight is 507 g/mol. The number of nitrogens with one attached hydrogen (secondary N) is 3. The van der Waals surface area contributed by atoms with Gasteiger partial charge in [-0.15, -0.1) is 0 Å².